The molecule has 0 atom stereocenters. The van der Waals surface area contributed by atoms with E-state index in [1.165, 1.54) is 5.39 Å². The van der Waals surface area contributed by atoms with Gasteiger partial charge in [0.2, 0.25) is 5.95 Å². The zero-order valence-corrected chi connectivity index (χ0v) is 31.2. The van der Waals surface area contributed by atoms with Gasteiger partial charge < -0.3 is 0 Å². The Balaban J connectivity index is 1.21. The third kappa shape index (κ3) is 4.87. The number of aromatic nitrogens is 4. The average Bonchev–Trinajstić information content (AvgIpc) is 3.61. The highest BCUT2D eigenvalue weighted by Crippen LogP contribution is 2.40. The number of fused-ring (bicyclic) bond motifs is 10. The minimum Gasteiger partial charge on any atom is -0.278 e. The standard InChI is InChI=1S/C53H32N4O/c58-52-43-28-27-35-16-6-7-20-40(35)50(43)45-31-44-41-21-9-11-24-47(41)57(48(44)32-49(45)56(52)39-19-12-18-37(30-39)33-13-2-1-3-14-33)53-54-46-23-10-8-22-42(46)51(55-53)38-26-25-34-15-4-5-17-36(34)29-38/h1-32H. The van der Waals surface area contributed by atoms with Gasteiger partial charge in [-0.25, -0.2) is 9.97 Å². The molecule has 0 aliphatic rings. The minimum absolute atomic E-state index is 0.0685. The summed E-state index contributed by atoms with van der Waals surface area (Å²) in [6.45, 7) is 0. The molecule has 270 valence electrons. The van der Waals surface area contributed by atoms with Crippen LogP contribution in [0.1, 0.15) is 0 Å². The van der Waals surface area contributed by atoms with Gasteiger partial charge in [0.15, 0.2) is 0 Å². The van der Waals surface area contributed by atoms with Gasteiger partial charge in [-0.2, -0.15) is 0 Å². The Bertz CT molecular complexity index is 3710. The first-order valence-electron chi connectivity index (χ1n) is 19.5. The zero-order valence-electron chi connectivity index (χ0n) is 31.2. The lowest BCUT2D eigenvalue weighted by molar-refractivity contribution is 1.01. The number of nitrogens with zero attached hydrogens (tertiary/aromatic N) is 4. The summed E-state index contributed by atoms with van der Waals surface area (Å²) in [5.41, 5.74) is 8.32. The van der Waals surface area contributed by atoms with Crippen LogP contribution in [0.25, 0.3) is 110 Å². The van der Waals surface area contributed by atoms with Crippen LogP contribution in [0, 0.1) is 0 Å². The van der Waals surface area contributed by atoms with Crippen molar-refractivity contribution in [3.63, 3.8) is 0 Å². The van der Waals surface area contributed by atoms with Crippen LogP contribution < -0.4 is 5.56 Å². The SMILES string of the molecule is O=c1c2ccc3ccccc3c2c2cc3c4ccccc4n(-c4nc(-c5ccc6ccccc6c5)c5ccccc5n4)c3cc2n1-c1cccc(-c2ccccc2)c1. The Morgan fingerprint density at radius 2 is 1.05 bits per heavy atom. The van der Waals surface area contributed by atoms with Crippen LogP contribution in [0.2, 0.25) is 0 Å². The second-order valence-electron chi connectivity index (χ2n) is 15.0. The summed E-state index contributed by atoms with van der Waals surface area (Å²) >= 11 is 0. The molecule has 0 spiro atoms. The fraction of sp³-hybridized carbons (Fsp3) is 0. The lowest BCUT2D eigenvalue weighted by Gasteiger charge is -2.17. The fourth-order valence-electron chi connectivity index (χ4n) is 9.01. The molecule has 3 heterocycles. The molecule has 12 aromatic rings. The normalized spacial score (nSPS) is 11.9. The van der Waals surface area contributed by atoms with Crippen LogP contribution >= 0.6 is 0 Å². The second kappa shape index (κ2) is 12.6. The van der Waals surface area contributed by atoms with Crippen LogP contribution in [-0.4, -0.2) is 19.1 Å². The lowest BCUT2D eigenvalue weighted by Crippen LogP contribution is -2.19. The smallest absolute Gasteiger partial charge is 0.263 e. The van der Waals surface area contributed by atoms with Crippen LogP contribution in [0.3, 0.4) is 0 Å². The van der Waals surface area contributed by atoms with E-state index >= 15 is 4.79 Å². The van der Waals surface area contributed by atoms with E-state index in [-0.39, 0.29) is 5.56 Å². The molecule has 0 bridgehead atoms. The maximum absolute atomic E-state index is 15.1. The molecule has 0 saturated carbocycles. The summed E-state index contributed by atoms with van der Waals surface area (Å²) in [6, 6.07) is 67.1. The van der Waals surface area contributed by atoms with E-state index in [0.717, 1.165) is 93.2 Å². The summed E-state index contributed by atoms with van der Waals surface area (Å²) in [5.74, 6) is 0.568. The van der Waals surface area contributed by atoms with Crippen LogP contribution in [0.5, 0.6) is 0 Å². The van der Waals surface area contributed by atoms with Crippen LogP contribution in [-0.2, 0) is 0 Å². The van der Waals surface area contributed by atoms with Crippen molar-refractivity contribution in [2.45, 2.75) is 0 Å². The molecule has 3 aromatic heterocycles. The third-order valence-electron chi connectivity index (χ3n) is 11.7. The van der Waals surface area contributed by atoms with Gasteiger partial charge in [-0.05, 0) is 81.2 Å². The summed E-state index contributed by atoms with van der Waals surface area (Å²) in [7, 11) is 0. The van der Waals surface area contributed by atoms with Crippen molar-refractivity contribution in [1.82, 2.24) is 19.1 Å². The molecule has 5 heteroatoms. The average molecular weight is 741 g/mol. The summed E-state index contributed by atoms with van der Waals surface area (Å²) in [5, 5.41) is 10.2. The molecule has 0 N–H and O–H groups in total. The third-order valence-corrected chi connectivity index (χ3v) is 11.7. The Morgan fingerprint density at radius 1 is 0.362 bits per heavy atom. The molecule has 58 heavy (non-hydrogen) atoms. The molecule has 0 fully saturated rings. The number of pyridine rings is 1. The number of hydrogen-bond acceptors (Lipinski definition) is 3. The molecule has 0 unspecified atom stereocenters. The van der Waals surface area contributed by atoms with Gasteiger partial charge in [0, 0.05) is 43.6 Å². The highest BCUT2D eigenvalue weighted by Gasteiger charge is 2.22. The molecular weight excluding hydrogens is 709 g/mol. The summed E-state index contributed by atoms with van der Waals surface area (Å²) in [6.07, 6.45) is 0. The van der Waals surface area contributed by atoms with Gasteiger partial charge in [0.25, 0.3) is 5.56 Å². The first kappa shape index (κ1) is 32.4. The topological polar surface area (TPSA) is 52.7 Å². The molecule has 5 nitrogen and oxygen atoms in total. The quantitative estimate of drug-likeness (QED) is 0.169. The Morgan fingerprint density at radius 3 is 1.93 bits per heavy atom. The van der Waals surface area contributed by atoms with Crippen LogP contribution in [0.4, 0.5) is 0 Å². The van der Waals surface area contributed by atoms with Crippen molar-refractivity contribution >= 4 is 75.9 Å². The van der Waals surface area contributed by atoms with E-state index in [4.69, 9.17) is 9.97 Å². The van der Waals surface area contributed by atoms with Crippen molar-refractivity contribution in [3.05, 3.63) is 204 Å². The van der Waals surface area contributed by atoms with Gasteiger partial charge >= 0.3 is 0 Å². The molecule has 0 aliphatic heterocycles. The maximum atomic E-state index is 15.1. The molecule has 0 radical (unpaired) electrons. The van der Waals surface area contributed by atoms with Crippen molar-refractivity contribution in [2.24, 2.45) is 0 Å². The number of hydrogen-bond donors (Lipinski definition) is 0. The Hall–Kier alpha value is -7.89. The van der Waals surface area contributed by atoms with Gasteiger partial charge in [-0.3, -0.25) is 13.9 Å². The molecule has 0 aliphatic carbocycles. The molecule has 0 amide bonds. The zero-order chi connectivity index (χ0) is 38.3. The molecule has 0 saturated heterocycles. The van der Waals surface area contributed by atoms with Crippen molar-refractivity contribution in [2.75, 3.05) is 0 Å². The van der Waals surface area contributed by atoms with E-state index in [1.807, 2.05) is 59.2 Å². The number of benzene rings is 9. The van der Waals surface area contributed by atoms with Gasteiger partial charge in [0.05, 0.1) is 27.8 Å². The number of rotatable bonds is 4. The van der Waals surface area contributed by atoms with Crippen molar-refractivity contribution in [1.29, 1.82) is 0 Å². The first-order chi connectivity index (χ1) is 28.7. The van der Waals surface area contributed by atoms with Gasteiger partial charge in [-0.1, -0.05) is 146 Å². The second-order valence-corrected chi connectivity index (χ2v) is 15.0. The predicted molar refractivity (Wildman–Crippen MR) is 240 cm³/mol. The summed E-state index contributed by atoms with van der Waals surface area (Å²) in [4.78, 5) is 25.8. The van der Waals surface area contributed by atoms with Crippen LogP contribution in [0.15, 0.2) is 199 Å². The van der Waals surface area contributed by atoms with Gasteiger partial charge in [0.1, 0.15) is 0 Å². The first-order valence-corrected chi connectivity index (χ1v) is 19.5. The molecule has 12 rings (SSSR count). The highest BCUT2D eigenvalue weighted by atomic mass is 16.1. The predicted octanol–water partition coefficient (Wildman–Crippen LogP) is 12.8. The Labute approximate surface area is 332 Å². The largest absolute Gasteiger partial charge is 0.278 e. The van der Waals surface area contributed by atoms with E-state index in [1.54, 1.807) is 0 Å². The van der Waals surface area contributed by atoms with Crippen molar-refractivity contribution < 1.29 is 0 Å². The fourth-order valence-corrected chi connectivity index (χ4v) is 9.01. The highest BCUT2D eigenvalue weighted by molar-refractivity contribution is 6.23. The lowest BCUT2D eigenvalue weighted by atomic mass is 9.97. The Kier molecular flexibility index (Phi) is 7.01. The monoisotopic (exact) mass is 740 g/mol. The molecule has 9 aromatic carbocycles. The summed E-state index contributed by atoms with van der Waals surface area (Å²) < 4.78 is 4.06. The number of para-hydroxylation sites is 2. The van der Waals surface area contributed by atoms with E-state index in [9.17, 15) is 0 Å². The van der Waals surface area contributed by atoms with E-state index in [2.05, 4.69) is 144 Å². The van der Waals surface area contributed by atoms with E-state index < -0.39 is 0 Å². The minimum atomic E-state index is -0.0685. The van der Waals surface area contributed by atoms with Gasteiger partial charge in [-0.15, -0.1) is 0 Å². The molecular formula is C53H32N4O. The maximum Gasteiger partial charge on any atom is 0.263 e. The van der Waals surface area contributed by atoms with Crippen molar-refractivity contribution in [3.8, 4) is 34.0 Å². The van der Waals surface area contributed by atoms with E-state index in [0.29, 0.717) is 11.3 Å².